The number of aromatic nitrogens is 1. The number of hydrogen-bond acceptors (Lipinski definition) is 2. The second kappa shape index (κ2) is 2.55. The fraction of sp³-hybridized carbons (Fsp3) is 0. The Morgan fingerprint density at radius 1 is 1.56 bits per heavy atom. The van der Waals surface area contributed by atoms with Crippen molar-refractivity contribution in [2.45, 2.75) is 0 Å². The van der Waals surface area contributed by atoms with Crippen molar-refractivity contribution in [3.05, 3.63) is 16.0 Å². The molecule has 0 radical (unpaired) electrons. The molecule has 1 rings (SSSR count). The highest BCUT2D eigenvalue weighted by Crippen LogP contribution is 2.07. The zero-order valence-corrected chi connectivity index (χ0v) is 7.21. The molecule has 1 heterocycles. The van der Waals surface area contributed by atoms with Crippen LogP contribution in [0.15, 0.2) is 12.4 Å². The molecule has 0 aliphatic carbocycles. The third-order valence-corrected chi connectivity index (χ3v) is 2.56. The zero-order valence-electron chi connectivity index (χ0n) is 5.06. The maximum atomic E-state index is 5.55. The average molecular weight is 232 g/mol. The van der Waals surface area contributed by atoms with E-state index in [1.807, 2.05) is 7.85 Å². The summed E-state index contributed by atoms with van der Waals surface area (Å²) in [5, 5.41) is 0. The molecule has 0 amide bonds. The van der Waals surface area contributed by atoms with E-state index in [1.54, 1.807) is 12.4 Å². The normalized spacial score (nSPS) is 9.44. The highest BCUT2D eigenvalue weighted by atomic mass is 127. The number of hydrogen-bond donors (Lipinski definition) is 1. The lowest BCUT2D eigenvalue weighted by Gasteiger charge is -1.98. The topological polar surface area (TPSA) is 38.9 Å². The van der Waals surface area contributed by atoms with Gasteiger partial charge in [0.2, 0.25) is 0 Å². The smallest absolute Gasteiger partial charge is 0.142 e. The molecule has 4 heteroatoms. The van der Waals surface area contributed by atoms with Gasteiger partial charge in [0.25, 0.3) is 0 Å². The lowest BCUT2D eigenvalue weighted by atomic mass is 9.99. The third-order valence-electron chi connectivity index (χ3n) is 1.08. The third kappa shape index (κ3) is 1.35. The SMILES string of the molecule is Bc1cncc(N)c1I. The molecule has 46 valence electrons. The number of halogens is 1. The van der Waals surface area contributed by atoms with Crippen molar-refractivity contribution in [3.63, 3.8) is 0 Å². The second-order valence-corrected chi connectivity index (χ2v) is 2.94. The van der Waals surface area contributed by atoms with Gasteiger partial charge in [-0.1, -0.05) is 5.46 Å². The maximum Gasteiger partial charge on any atom is 0.142 e. The molecule has 2 nitrogen and oxygen atoms in total. The summed E-state index contributed by atoms with van der Waals surface area (Å²) >= 11 is 2.20. The number of anilines is 1. The van der Waals surface area contributed by atoms with E-state index in [0.717, 1.165) is 14.7 Å². The van der Waals surface area contributed by atoms with Gasteiger partial charge in [-0.15, -0.1) is 0 Å². The molecule has 0 aliphatic rings. The largest absolute Gasteiger partial charge is 0.397 e. The van der Waals surface area contributed by atoms with Crippen LogP contribution in [0, 0.1) is 3.57 Å². The summed E-state index contributed by atoms with van der Waals surface area (Å²) in [6, 6.07) is 0. The number of nitrogen functional groups attached to an aromatic ring is 1. The number of nitrogens with zero attached hydrogens (tertiary/aromatic N) is 1. The van der Waals surface area contributed by atoms with Gasteiger partial charge in [0, 0.05) is 9.77 Å². The Morgan fingerprint density at radius 3 is 2.67 bits per heavy atom. The fourth-order valence-corrected chi connectivity index (χ4v) is 0.849. The van der Waals surface area contributed by atoms with E-state index in [1.165, 1.54) is 0 Å². The van der Waals surface area contributed by atoms with Crippen LogP contribution in [0.1, 0.15) is 0 Å². The minimum atomic E-state index is 0.760. The molecule has 0 aliphatic heterocycles. The summed E-state index contributed by atoms with van der Waals surface area (Å²) in [5.74, 6) is 0. The van der Waals surface area contributed by atoms with Crippen molar-refractivity contribution in [2.75, 3.05) is 5.73 Å². The molecule has 0 atom stereocenters. The van der Waals surface area contributed by atoms with Gasteiger partial charge in [0.15, 0.2) is 0 Å². The van der Waals surface area contributed by atoms with Gasteiger partial charge in [0.1, 0.15) is 7.85 Å². The summed E-state index contributed by atoms with van der Waals surface area (Å²) in [7, 11) is 1.99. The van der Waals surface area contributed by atoms with Crippen LogP contribution < -0.4 is 11.2 Å². The van der Waals surface area contributed by atoms with Gasteiger partial charge >= 0.3 is 0 Å². The summed E-state index contributed by atoms with van der Waals surface area (Å²) < 4.78 is 1.10. The number of nitrogens with two attached hydrogens (primary N) is 1. The van der Waals surface area contributed by atoms with E-state index in [2.05, 4.69) is 27.6 Å². The molecular formula is C5H6BIN2. The number of rotatable bonds is 0. The molecular weight excluding hydrogens is 226 g/mol. The maximum absolute atomic E-state index is 5.55. The first-order valence-electron chi connectivity index (χ1n) is 2.57. The lowest BCUT2D eigenvalue weighted by molar-refractivity contribution is 1.34. The molecule has 0 saturated carbocycles. The quantitative estimate of drug-likeness (QED) is 0.484. The average Bonchev–Trinajstić information content (AvgIpc) is 1.83. The first kappa shape index (κ1) is 6.86. The van der Waals surface area contributed by atoms with E-state index >= 15 is 0 Å². The molecule has 0 bridgehead atoms. The van der Waals surface area contributed by atoms with Crippen LogP contribution in [-0.4, -0.2) is 12.8 Å². The van der Waals surface area contributed by atoms with E-state index < -0.39 is 0 Å². The predicted octanol–water partition coefficient (Wildman–Crippen LogP) is -0.473. The van der Waals surface area contributed by atoms with Gasteiger partial charge in [-0.25, -0.2) is 0 Å². The Balaban J connectivity index is 3.25. The van der Waals surface area contributed by atoms with Crippen LogP contribution in [0.4, 0.5) is 5.69 Å². The number of pyridine rings is 1. The Kier molecular flexibility index (Phi) is 1.95. The highest BCUT2D eigenvalue weighted by molar-refractivity contribution is 14.1. The minimum Gasteiger partial charge on any atom is -0.397 e. The Labute approximate surface area is 68.4 Å². The van der Waals surface area contributed by atoms with Crippen molar-refractivity contribution in [3.8, 4) is 0 Å². The van der Waals surface area contributed by atoms with Crippen molar-refractivity contribution in [1.82, 2.24) is 4.98 Å². The van der Waals surface area contributed by atoms with Gasteiger partial charge < -0.3 is 5.73 Å². The van der Waals surface area contributed by atoms with Crippen LogP contribution in [0.5, 0.6) is 0 Å². The van der Waals surface area contributed by atoms with Crippen LogP contribution >= 0.6 is 22.6 Å². The fourth-order valence-electron chi connectivity index (χ4n) is 0.570. The minimum absolute atomic E-state index is 0.760. The van der Waals surface area contributed by atoms with Gasteiger partial charge in [0.05, 0.1) is 11.9 Å². The molecule has 0 saturated heterocycles. The molecule has 1 aromatic heterocycles. The predicted molar refractivity (Wildman–Crippen MR) is 49.5 cm³/mol. The first-order chi connectivity index (χ1) is 4.22. The highest BCUT2D eigenvalue weighted by Gasteiger charge is 1.95. The van der Waals surface area contributed by atoms with E-state index in [4.69, 9.17) is 5.73 Å². The van der Waals surface area contributed by atoms with Crippen LogP contribution in [0.3, 0.4) is 0 Å². The van der Waals surface area contributed by atoms with Gasteiger partial charge in [-0.3, -0.25) is 4.98 Å². The zero-order chi connectivity index (χ0) is 6.85. The van der Waals surface area contributed by atoms with Crippen molar-refractivity contribution in [1.29, 1.82) is 0 Å². The summed E-state index contributed by atoms with van der Waals surface area (Å²) in [6.07, 6.45) is 3.47. The monoisotopic (exact) mass is 232 g/mol. The van der Waals surface area contributed by atoms with Crippen LogP contribution in [0.25, 0.3) is 0 Å². The molecule has 0 aromatic carbocycles. The van der Waals surface area contributed by atoms with E-state index in [9.17, 15) is 0 Å². The Hall–Kier alpha value is -0.255. The summed E-state index contributed by atoms with van der Waals surface area (Å²) in [5.41, 5.74) is 7.45. The standard InChI is InChI=1S/C5H6BIN2/c6-3-1-9-2-4(8)5(3)7/h1-2H,6,8H2. The molecule has 1 aromatic rings. The van der Waals surface area contributed by atoms with Crippen LogP contribution in [-0.2, 0) is 0 Å². The molecule has 0 unspecified atom stereocenters. The molecule has 0 spiro atoms. The van der Waals surface area contributed by atoms with Gasteiger partial charge in [-0.2, -0.15) is 0 Å². The Morgan fingerprint density at radius 2 is 2.22 bits per heavy atom. The molecule has 9 heavy (non-hydrogen) atoms. The summed E-state index contributed by atoms with van der Waals surface area (Å²) in [6.45, 7) is 0. The van der Waals surface area contributed by atoms with Crippen molar-refractivity contribution >= 4 is 41.6 Å². The first-order valence-corrected chi connectivity index (χ1v) is 3.65. The Bertz CT molecular complexity index is 206. The van der Waals surface area contributed by atoms with Gasteiger partial charge in [-0.05, 0) is 22.6 Å². The van der Waals surface area contributed by atoms with Crippen LogP contribution in [0.2, 0.25) is 0 Å². The van der Waals surface area contributed by atoms with Crippen molar-refractivity contribution < 1.29 is 0 Å². The molecule has 0 fully saturated rings. The molecule has 2 N–H and O–H groups in total. The van der Waals surface area contributed by atoms with Crippen molar-refractivity contribution in [2.24, 2.45) is 0 Å². The lowest BCUT2D eigenvalue weighted by Crippen LogP contribution is -2.10. The van der Waals surface area contributed by atoms with E-state index in [-0.39, 0.29) is 0 Å². The summed E-state index contributed by atoms with van der Waals surface area (Å²) in [4.78, 5) is 3.91. The second-order valence-electron chi connectivity index (χ2n) is 1.86. The van der Waals surface area contributed by atoms with E-state index in [0.29, 0.717) is 0 Å².